The first-order valence-electron chi connectivity index (χ1n) is 9.43. The van der Waals surface area contributed by atoms with Gasteiger partial charge in [-0.2, -0.15) is 0 Å². The molecule has 2 heterocycles. The van der Waals surface area contributed by atoms with Gasteiger partial charge in [-0.05, 0) is 49.1 Å². The smallest absolute Gasteiger partial charge is 0.232 e. The number of rotatable bonds is 3. The van der Waals surface area contributed by atoms with Crippen molar-refractivity contribution in [2.75, 3.05) is 30.0 Å². The maximum absolute atomic E-state index is 13.4. The number of hydrogen-bond donors (Lipinski definition) is 0. The number of para-hydroxylation sites is 1. The molecule has 1 saturated heterocycles. The van der Waals surface area contributed by atoms with Crippen LogP contribution in [0.5, 0.6) is 5.75 Å². The number of methoxy groups -OCH3 is 1. The Morgan fingerprint density at radius 2 is 1.93 bits per heavy atom. The van der Waals surface area contributed by atoms with E-state index in [-0.39, 0.29) is 24.2 Å². The maximum Gasteiger partial charge on any atom is 0.232 e. The Labute approximate surface area is 159 Å². The molecule has 0 saturated carbocycles. The summed E-state index contributed by atoms with van der Waals surface area (Å²) in [5.74, 6) is 0.432. The summed E-state index contributed by atoms with van der Waals surface area (Å²) in [4.78, 5) is 29.4. The zero-order valence-corrected chi connectivity index (χ0v) is 15.8. The summed E-state index contributed by atoms with van der Waals surface area (Å²) < 4.78 is 5.55. The molecule has 0 spiro atoms. The monoisotopic (exact) mass is 364 g/mol. The van der Waals surface area contributed by atoms with E-state index in [1.807, 2.05) is 47.4 Å². The molecule has 0 N–H and O–H groups in total. The van der Waals surface area contributed by atoms with Crippen LogP contribution in [-0.2, 0) is 16.0 Å². The number of aryl methyl sites for hydroxylation is 1. The van der Waals surface area contributed by atoms with E-state index >= 15 is 0 Å². The predicted octanol–water partition coefficient (Wildman–Crippen LogP) is 3.34. The minimum absolute atomic E-state index is 0.00740. The highest BCUT2D eigenvalue weighted by Gasteiger charge is 2.39. The second kappa shape index (κ2) is 7.06. The van der Waals surface area contributed by atoms with E-state index < -0.39 is 0 Å². The lowest BCUT2D eigenvalue weighted by Crippen LogP contribution is -2.41. The van der Waals surface area contributed by atoms with Gasteiger partial charge in [-0.15, -0.1) is 0 Å². The molecule has 0 radical (unpaired) electrons. The van der Waals surface area contributed by atoms with Crippen LogP contribution in [0.3, 0.4) is 0 Å². The van der Waals surface area contributed by atoms with E-state index in [0.717, 1.165) is 30.0 Å². The van der Waals surface area contributed by atoms with Crippen molar-refractivity contribution in [2.24, 2.45) is 5.92 Å². The van der Waals surface area contributed by atoms with Crippen LogP contribution in [0.4, 0.5) is 11.4 Å². The number of ether oxygens (including phenoxy) is 1. The molecule has 4 rings (SSSR count). The van der Waals surface area contributed by atoms with Crippen LogP contribution < -0.4 is 14.5 Å². The van der Waals surface area contributed by atoms with Crippen molar-refractivity contribution < 1.29 is 14.3 Å². The normalized spacial score (nSPS) is 19.2. The molecule has 0 aliphatic carbocycles. The minimum atomic E-state index is -0.325. The van der Waals surface area contributed by atoms with E-state index in [1.54, 1.807) is 12.0 Å². The largest absolute Gasteiger partial charge is 0.495 e. The molecule has 5 nitrogen and oxygen atoms in total. The topological polar surface area (TPSA) is 49.9 Å². The summed E-state index contributed by atoms with van der Waals surface area (Å²) in [6, 6.07) is 13.5. The molecule has 2 aromatic carbocycles. The molecule has 1 atom stereocenters. The number of carbonyl (C=O) groups excluding carboxylic acids is 2. The van der Waals surface area contributed by atoms with Crippen LogP contribution in [0.15, 0.2) is 42.5 Å². The van der Waals surface area contributed by atoms with Crippen LogP contribution in [-0.4, -0.2) is 32.0 Å². The van der Waals surface area contributed by atoms with E-state index in [9.17, 15) is 9.59 Å². The molecule has 2 aliphatic rings. The third-order valence-corrected chi connectivity index (χ3v) is 5.59. The fourth-order valence-corrected chi connectivity index (χ4v) is 4.19. The summed E-state index contributed by atoms with van der Waals surface area (Å²) in [6.45, 7) is 3.17. The molecule has 2 amide bonds. The van der Waals surface area contributed by atoms with E-state index in [0.29, 0.717) is 13.1 Å². The quantitative estimate of drug-likeness (QED) is 0.839. The van der Waals surface area contributed by atoms with Crippen molar-refractivity contribution in [1.82, 2.24) is 0 Å². The van der Waals surface area contributed by atoms with Gasteiger partial charge in [0.1, 0.15) is 5.75 Å². The van der Waals surface area contributed by atoms with E-state index in [4.69, 9.17) is 4.74 Å². The van der Waals surface area contributed by atoms with Crippen LogP contribution >= 0.6 is 0 Å². The Morgan fingerprint density at radius 3 is 2.67 bits per heavy atom. The predicted molar refractivity (Wildman–Crippen MR) is 105 cm³/mol. The standard InChI is InChI=1S/C22H24N2O3/c1-15-10-11-19(27-2)21-18(15)9-6-12-23(21)22(26)16-13-20(25)24(14-16)17-7-4-3-5-8-17/h3-5,7-8,10-11,16H,6,9,12-14H2,1-2H3. The Bertz CT molecular complexity index is 879. The average molecular weight is 364 g/mol. The average Bonchev–Trinajstić information content (AvgIpc) is 3.10. The van der Waals surface area contributed by atoms with Crippen molar-refractivity contribution in [3.8, 4) is 5.75 Å². The van der Waals surface area contributed by atoms with Gasteiger partial charge in [0.15, 0.2) is 0 Å². The Hall–Kier alpha value is -2.82. The van der Waals surface area contributed by atoms with Gasteiger partial charge in [-0.1, -0.05) is 24.3 Å². The molecule has 5 heteroatoms. The number of anilines is 2. The summed E-state index contributed by atoms with van der Waals surface area (Å²) in [5, 5.41) is 0. The van der Waals surface area contributed by atoms with Gasteiger partial charge in [-0.3, -0.25) is 9.59 Å². The molecule has 2 aromatic rings. The number of hydrogen-bond acceptors (Lipinski definition) is 3. The fourth-order valence-electron chi connectivity index (χ4n) is 4.19. The summed E-state index contributed by atoms with van der Waals surface area (Å²) >= 11 is 0. The molecule has 27 heavy (non-hydrogen) atoms. The highest BCUT2D eigenvalue weighted by atomic mass is 16.5. The maximum atomic E-state index is 13.4. The fraction of sp³-hybridized carbons (Fsp3) is 0.364. The number of carbonyl (C=O) groups is 2. The SMILES string of the molecule is COc1ccc(C)c2c1N(C(=O)C1CC(=O)N(c3ccccc3)C1)CCC2. The molecule has 2 aliphatic heterocycles. The Balaban J connectivity index is 1.62. The third kappa shape index (κ3) is 3.07. The van der Waals surface area contributed by atoms with E-state index in [1.165, 1.54) is 11.1 Å². The number of amides is 2. The number of nitrogens with zero attached hydrogens (tertiary/aromatic N) is 2. The third-order valence-electron chi connectivity index (χ3n) is 5.59. The number of fused-ring (bicyclic) bond motifs is 1. The summed E-state index contributed by atoms with van der Waals surface area (Å²) in [6.07, 6.45) is 2.13. The van der Waals surface area contributed by atoms with Gasteiger partial charge >= 0.3 is 0 Å². The van der Waals surface area contributed by atoms with Crippen molar-refractivity contribution in [2.45, 2.75) is 26.2 Å². The zero-order valence-electron chi connectivity index (χ0n) is 15.8. The van der Waals surface area contributed by atoms with Gasteiger partial charge in [-0.25, -0.2) is 0 Å². The van der Waals surface area contributed by atoms with Gasteiger partial charge in [0, 0.05) is 25.2 Å². The molecule has 0 bridgehead atoms. The first-order valence-corrected chi connectivity index (χ1v) is 9.43. The Morgan fingerprint density at radius 1 is 1.15 bits per heavy atom. The molecule has 1 fully saturated rings. The van der Waals surface area contributed by atoms with Crippen molar-refractivity contribution >= 4 is 23.2 Å². The second-order valence-electron chi connectivity index (χ2n) is 7.25. The van der Waals surface area contributed by atoms with Gasteiger partial charge in [0.25, 0.3) is 0 Å². The molecule has 140 valence electrons. The highest BCUT2D eigenvalue weighted by Crippen LogP contribution is 2.39. The van der Waals surface area contributed by atoms with Crippen LogP contribution in [0.25, 0.3) is 0 Å². The first kappa shape index (κ1) is 17.6. The molecular formula is C22H24N2O3. The lowest BCUT2D eigenvalue weighted by molar-refractivity contribution is -0.124. The first-order chi connectivity index (χ1) is 13.1. The van der Waals surface area contributed by atoms with Gasteiger partial charge in [0.05, 0.1) is 18.7 Å². The summed E-state index contributed by atoms with van der Waals surface area (Å²) in [5.41, 5.74) is 4.10. The minimum Gasteiger partial charge on any atom is -0.495 e. The summed E-state index contributed by atoms with van der Waals surface area (Å²) in [7, 11) is 1.64. The highest BCUT2D eigenvalue weighted by molar-refractivity contribution is 6.05. The van der Waals surface area contributed by atoms with Crippen LogP contribution in [0.1, 0.15) is 24.0 Å². The Kier molecular flexibility index (Phi) is 4.60. The van der Waals surface area contributed by atoms with Crippen molar-refractivity contribution in [3.63, 3.8) is 0 Å². The van der Waals surface area contributed by atoms with E-state index in [2.05, 4.69) is 6.92 Å². The second-order valence-corrected chi connectivity index (χ2v) is 7.25. The lowest BCUT2D eigenvalue weighted by atomic mass is 9.94. The van der Waals surface area contributed by atoms with Crippen LogP contribution in [0, 0.1) is 12.8 Å². The lowest BCUT2D eigenvalue weighted by Gasteiger charge is -2.33. The van der Waals surface area contributed by atoms with Crippen molar-refractivity contribution in [1.29, 1.82) is 0 Å². The van der Waals surface area contributed by atoms with Crippen molar-refractivity contribution in [3.05, 3.63) is 53.6 Å². The molecular weight excluding hydrogens is 340 g/mol. The van der Waals surface area contributed by atoms with Crippen LogP contribution in [0.2, 0.25) is 0 Å². The number of benzene rings is 2. The van der Waals surface area contributed by atoms with Gasteiger partial charge in [0.2, 0.25) is 11.8 Å². The molecule has 0 aromatic heterocycles. The van der Waals surface area contributed by atoms with Gasteiger partial charge < -0.3 is 14.5 Å². The molecule has 1 unspecified atom stereocenters. The zero-order chi connectivity index (χ0) is 19.0.